The summed E-state index contributed by atoms with van der Waals surface area (Å²) in [5.41, 5.74) is 0. The summed E-state index contributed by atoms with van der Waals surface area (Å²) in [5.74, 6) is 0.776. The van der Waals surface area contributed by atoms with Crippen LogP contribution in [-0.2, 0) is 4.74 Å². The van der Waals surface area contributed by atoms with Crippen LogP contribution in [0.2, 0.25) is 0 Å². The van der Waals surface area contributed by atoms with Gasteiger partial charge in [0.25, 0.3) is 0 Å². The molecule has 0 spiro atoms. The van der Waals surface area contributed by atoms with Crippen LogP contribution in [0.15, 0.2) is 0 Å². The minimum absolute atomic E-state index is 0.521. The molecule has 3 unspecified atom stereocenters. The van der Waals surface area contributed by atoms with Crippen molar-refractivity contribution in [3.05, 3.63) is 0 Å². The third-order valence-electron chi connectivity index (χ3n) is 4.39. The molecule has 0 amide bonds. The van der Waals surface area contributed by atoms with E-state index in [0.29, 0.717) is 6.10 Å². The number of nitrogens with one attached hydrogen (secondary N) is 1. The summed E-state index contributed by atoms with van der Waals surface area (Å²) in [5, 5.41) is 3.64. The monoisotopic (exact) mass is 240 g/mol. The van der Waals surface area contributed by atoms with Gasteiger partial charge in [0, 0.05) is 32.3 Å². The van der Waals surface area contributed by atoms with Gasteiger partial charge in [-0.05, 0) is 38.1 Å². The van der Waals surface area contributed by atoms with E-state index in [2.05, 4.69) is 24.1 Å². The van der Waals surface area contributed by atoms with Crippen molar-refractivity contribution in [3.8, 4) is 0 Å². The van der Waals surface area contributed by atoms with E-state index in [1.165, 1.54) is 45.3 Å². The Morgan fingerprint density at radius 1 is 1.18 bits per heavy atom. The van der Waals surface area contributed by atoms with Gasteiger partial charge in [-0.1, -0.05) is 13.8 Å². The second-order valence-corrected chi connectivity index (χ2v) is 5.51. The Morgan fingerprint density at radius 3 is 2.82 bits per heavy atom. The lowest BCUT2D eigenvalue weighted by Crippen LogP contribution is -2.35. The predicted molar refractivity (Wildman–Crippen MR) is 71.3 cm³/mol. The molecule has 0 aromatic heterocycles. The molecule has 3 atom stereocenters. The van der Waals surface area contributed by atoms with Gasteiger partial charge in [0.05, 0.1) is 6.10 Å². The Kier molecular flexibility index (Phi) is 5.26. The molecular weight excluding hydrogens is 212 g/mol. The van der Waals surface area contributed by atoms with E-state index in [1.807, 2.05) is 0 Å². The molecule has 2 heterocycles. The highest BCUT2D eigenvalue weighted by molar-refractivity contribution is 4.81. The third kappa shape index (κ3) is 3.67. The Labute approximate surface area is 106 Å². The fourth-order valence-electron chi connectivity index (χ4n) is 3.19. The molecule has 17 heavy (non-hydrogen) atoms. The molecule has 0 saturated carbocycles. The topological polar surface area (TPSA) is 24.5 Å². The van der Waals surface area contributed by atoms with E-state index >= 15 is 0 Å². The maximum atomic E-state index is 5.79. The zero-order valence-electron chi connectivity index (χ0n) is 11.5. The van der Waals surface area contributed by atoms with Crippen LogP contribution in [0.3, 0.4) is 0 Å². The summed E-state index contributed by atoms with van der Waals surface area (Å²) in [7, 11) is 0. The average Bonchev–Trinajstić information content (AvgIpc) is 2.67. The lowest BCUT2D eigenvalue weighted by Gasteiger charge is -2.26. The highest BCUT2D eigenvalue weighted by atomic mass is 16.5. The Morgan fingerprint density at radius 2 is 2.06 bits per heavy atom. The first-order valence-electron chi connectivity index (χ1n) is 7.40. The number of hydrogen-bond donors (Lipinski definition) is 1. The van der Waals surface area contributed by atoms with E-state index in [4.69, 9.17) is 4.74 Å². The van der Waals surface area contributed by atoms with Crippen molar-refractivity contribution < 1.29 is 4.74 Å². The molecule has 0 aliphatic carbocycles. The van der Waals surface area contributed by atoms with Crippen LogP contribution in [0, 0.1) is 5.92 Å². The van der Waals surface area contributed by atoms with E-state index in [9.17, 15) is 0 Å². The van der Waals surface area contributed by atoms with Crippen molar-refractivity contribution >= 4 is 0 Å². The molecule has 0 bridgehead atoms. The molecule has 100 valence electrons. The number of nitrogens with zero attached hydrogens (tertiary/aromatic N) is 1. The molecule has 2 saturated heterocycles. The summed E-state index contributed by atoms with van der Waals surface area (Å²) in [4.78, 5) is 2.64. The Hall–Kier alpha value is -0.120. The van der Waals surface area contributed by atoms with Gasteiger partial charge >= 0.3 is 0 Å². The lowest BCUT2D eigenvalue weighted by molar-refractivity contribution is 0.0761. The normalized spacial score (nSPS) is 36.0. The van der Waals surface area contributed by atoms with Crippen LogP contribution in [0.5, 0.6) is 0 Å². The van der Waals surface area contributed by atoms with Gasteiger partial charge in [-0.15, -0.1) is 0 Å². The van der Waals surface area contributed by atoms with E-state index in [0.717, 1.165) is 25.1 Å². The molecule has 2 rings (SSSR count). The summed E-state index contributed by atoms with van der Waals surface area (Å²) < 4.78 is 5.79. The fourth-order valence-corrected chi connectivity index (χ4v) is 3.19. The average molecular weight is 240 g/mol. The summed E-state index contributed by atoms with van der Waals surface area (Å²) >= 11 is 0. The number of hydrogen-bond acceptors (Lipinski definition) is 3. The van der Waals surface area contributed by atoms with Gasteiger partial charge < -0.3 is 15.0 Å². The van der Waals surface area contributed by atoms with Crippen molar-refractivity contribution in [3.63, 3.8) is 0 Å². The standard InChI is InChI=1S/C14H28N2O/c1-3-13-5-8-16(9-7-15-13)11-12-6-10-17-14(12)4-2/h12-15H,3-11H2,1-2H3. The Balaban J connectivity index is 1.78. The zero-order valence-corrected chi connectivity index (χ0v) is 11.5. The van der Waals surface area contributed by atoms with E-state index in [1.54, 1.807) is 0 Å². The second-order valence-electron chi connectivity index (χ2n) is 5.51. The largest absolute Gasteiger partial charge is 0.378 e. The molecule has 0 aromatic carbocycles. The van der Waals surface area contributed by atoms with Crippen LogP contribution in [0.1, 0.15) is 39.5 Å². The zero-order chi connectivity index (χ0) is 12.1. The van der Waals surface area contributed by atoms with Gasteiger partial charge in [-0.25, -0.2) is 0 Å². The summed E-state index contributed by atoms with van der Waals surface area (Å²) in [6.45, 7) is 10.4. The van der Waals surface area contributed by atoms with E-state index < -0.39 is 0 Å². The van der Waals surface area contributed by atoms with Crippen molar-refractivity contribution in [2.75, 3.05) is 32.8 Å². The molecule has 1 N–H and O–H groups in total. The molecule has 0 radical (unpaired) electrons. The molecule has 2 aliphatic rings. The van der Waals surface area contributed by atoms with Gasteiger partial charge in [-0.3, -0.25) is 0 Å². The second kappa shape index (κ2) is 6.72. The van der Waals surface area contributed by atoms with Crippen LogP contribution < -0.4 is 5.32 Å². The first-order valence-corrected chi connectivity index (χ1v) is 7.40. The highest BCUT2D eigenvalue weighted by Gasteiger charge is 2.28. The van der Waals surface area contributed by atoms with Crippen molar-refractivity contribution in [1.29, 1.82) is 0 Å². The van der Waals surface area contributed by atoms with Gasteiger partial charge in [-0.2, -0.15) is 0 Å². The first kappa shape index (κ1) is 13.3. The number of rotatable bonds is 4. The molecule has 0 aromatic rings. The van der Waals surface area contributed by atoms with Crippen molar-refractivity contribution in [2.24, 2.45) is 5.92 Å². The quantitative estimate of drug-likeness (QED) is 0.812. The Bertz CT molecular complexity index is 222. The van der Waals surface area contributed by atoms with Crippen LogP contribution in [0.4, 0.5) is 0 Å². The smallest absolute Gasteiger partial charge is 0.0613 e. The molecule has 3 nitrogen and oxygen atoms in total. The highest BCUT2D eigenvalue weighted by Crippen LogP contribution is 2.24. The summed E-state index contributed by atoms with van der Waals surface area (Å²) in [6, 6.07) is 0.738. The van der Waals surface area contributed by atoms with Crippen molar-refractivity contribution in [2.45, 2.75) is 51.7 Å². The number of ether oxygens (including phenoxy) is 1. The van der Waals surface area contributed by atoms with Gasteiger partial charge in [0.15, 0.2) is 0 Å². The minimum Gasteiger partial charge on any atom is -0.378 e. The fraction of sp³-hybridized carbons (Fsp3) is 1.00. The predicted octanol–water partition coefficient (Wildman–Crippen LogP) is 1.88. The maximum Gasteiger partial charge on any atom is 0.0613 e. The van der Waals surface area contributed by atoms with Gasteiger partial charge in [0.2, 0.25) is 0 Å². The third-order valence-corrected chi connectivity index (χ3v) is 4.39. The minimum atomic E-state index is 0.521. The SMILES string of the molecule is CCC1CCN(CC2CCOC2CC)CCN1. The lowest BCUT2D eigenvalue weighted by atomic mass is 9.99. The summed E-state index contributed by atoms with van der Waals surface area (Å²) in [6.07, 6.45) is 5.53. The molecule has 3 heteroatoms. The van der Waals surface area contributed by atoms with Gasteiger partial charge in [0.1, 0.15) is 0 Å². The van der Waals surface area contributed by atoms with Crippen LogP contribution >= 0.6 is 0 Å². The molecule has 2 fully saturated rings. The van der Waals surface area contributed by atoms with Crippen LogP contribution in [0.25, 0.3) is 0 Å². The van der Waals surface area contributed by atoms with Crippen LogP contribution in [-0.4, -0.2) is 49.8 Å². The molecular formula is C14H28N2O. The van der Waals surface area contributed by atoms with Crippen molar-refractivity contribution in [1.82, 2.24) is 10.2 Å². The maximum absolute atomic E-state index is 5.79. The van der Waals surface area contributed by atoms with E-state index in [-0.39, 0.29) is 0 Å². The first-order chi connectivity index (χ1) is 8.33. The molecule has 2 aliphatic heterocycles.